The van der Waals surface area contributed by atoms with Gasteiger partial charge >= 0.3 is 0 Å². The molecule has 1 aromatic carbocycles. The van der Waals surface area contributed by atoms with E-state index in [2.05, 4.69) is 0 Å². The van der Waals surface area contributed by atoms with Gasteiger partial charge < -0.3 is 19.7 Å². The predicted molar refractivity (Wildman–Crippen MR) is 61.3 cm³/mol. The topological polar surface area (TPSA) is 58.9 Å². The highest BCUT2D eigenvalue weighted by Gasteiger charge is 2.25. The molecule has 2 N–H and O–H groups in total. The fourth-order valence-electron chi connectivity index (χ4n) is 1.50. The fourth-order valence-corrected chi connectivity index (χ4v) is 1.50. The lowest BCUT2D eigenvalue weighted by molar-refractivity contribution is 0.214. The van der Waals surface area contributed by atoms with E-state index >= 15 is 0 Å². The Morgan fingerprint density at radius 3 is 2.12 bits per heavy atom. The van der Waals surface area contributed by atoms with Crippen molar-refractivity contribution in [2.45, 2.75) is 19.3 Å². The maximum absolute atomic E-state index is 9.62. The van der Waals surface area contributed by atoms with Gasteiger partial charge in [0.1, 0.15) is 5.75 Å². The second-order valence-electron chi connectivity index (χ2n) is 4.27. The van der Waals surface area contributed by atoms with Crippen molar-refractivity contribution in [1.29, 1.82) is 0 Å². The first-order valence-corrected chi connectivity index (χ1v) is 5.02. The summed E-state index contributed by atoms with van der Waals surface area (Å²) in [7, 11) is 3.01. The van der Waals surface area contributed by atoms with E-state index < -0.39 is 5.41 Å². The van der Waals surface area contributed by atoms with Crippen molar-refractivity contribution in [3.8, 4) is 17.2 Å². The highest BCUT2D eigenvalue weighted by Crippen LogP contribution is 2.39. The van der Waals surface area contributed by atoms with Gasteiger partial charge in [0.15, 0.2) is 11.5 Å². The minimum absolute atomic E-state index is 0.0166. The number of hydrogen-bond acceptors (Lipinski definition) is 4. The largest absolute Gasteiger partial charge is 0.504 e. The Balaban J connectivity index is 3.36. The van der Waals surface area contributed by atoms with E-state index in [1.165, 1.54) is 20.3 Å². The van der Waals surface area contributed by atoms with Gasteiger partial charge in [0, 0.05) is 17.0 Å². The van der Waals surface area contributed by atoms with E-state index in [1.54, 1.807) is 6.07 Å². The van der Waals surface area contributed by atoms with Crippen molar-refractivity contribution in [3.63, 3.8) is 0 Å². The van der Waals surface area contributed by atoms with Crippen LogP contribution >= 0.6 is 0 Å². The number of aliphatic hydroxyl groups is 1. The fraction of sp³-hybridized carbons (Fsp3) is 0.500. The predicted octanol–water partition coefficient (Wildman–Crippen LogP) is 1.68. The highest BCUT2D eigenvalue weighted by molar-refractivity contribution is 5.52. The third kappa shape index (κ3) is 2.22. The summed E-state index contributed by atoms with van der Waals surface area (Å²) < 4.78 is 10.2. The summed E-state index contributed by atoms with van der Waals surface area (Å²) in [5.74, 6) is 0.937. The number of methoxy groups -OCH3 is 2. The SMILES string of the molecule is COc1cc(C(C)(C)CO)c(OC)cc1O. The summed E-state index contributed by atoms with van der Waals surface area (Å²) in [6.45, 7) is 3.76. The molecule has 0 heterocycles. The summed E-state index contributed by atoms with van der Waals surface area (Å²) in [6, 6.07) is 3.18. The van der Waals surface area contributed by atoms with Gasteiger partial charge in [-0.2, -0.15) is 0 Å². The maximum Gasteiger partial charge on any atom is 0.161 e. The van der Waals surface area contributed by atoms with E-state index in [9.17, 15) is 10.2 Å². The zero-order chi connectivity index (χ0) is 12.3. The molecule has 0 spiro atoms. The normalized spacial score (nSPS) is 11.3. The van der Waals surface area contributed by atoms with Gasteiger partial charge in [-0.1, -0.05) is 13.8 Å². The van der Waals surface area contributed by atoms with Gasteiger partial charge in [0.25, 0.3) is 0 Å². The van der Waals surface area contributed by atoms with Crippen LogP contribution in [0.1, 0.15) is 19.4 Å². The Morgan fingerprint density at radius 1 is 1.12 bits per heavy atom. The smallest absolute Gasteiger partial charge is 0.161 e. The quantitative estimate of drug-likeness (QED) is 0.820. The standard InChI is InChI=1S/C12H18O4/c1-12(2,7-13)8-5-11(16-4)9(14)6-10(8)15-3/h5-6,13-14H,7H2,1-4H3. The Kier molecular flexibility index (Phi) is 3.65. The molecule has 0 saturated carbocycles. The molecule has 0 bridgehead atoms. The molecule has 0 aliphatic heterocycles. The Hall–Kier alpha value is -1.42. The second kappa shape index (κ2) is 4.61. The van der Waals surface area contributed by atoms with Crippen LogP contribution in [0.15, 0.2) is 12.1 Å². The van der Waals surface area contributed by atoms with Crippen molar-refractivity contribution < 1.29 is 19.7 Å². The number of aromatic hydroxyl groups is 1. The first kappa shape index (κ1) is 12.6. The van der Waals surface area contributed by atoms with Crippen molar-refractivity contribution in [2.75, 3.05) is 20.8 Å². The van der Waals surface area contributed by atoms with Crippen molar-refractivity contribution >= 4 is 0 Å². The van der Waals surface area contributed by atoms with Crippen LogP contribution < -0.4 is 9.47 Å². The van der Waals surface area contributed by atoms with Crippen molar-refractivity contribution in [1.82, 2.24) is 0 Å². The summed E-state index contributed by atoms with van der Waals surface area (Å²) in [5.41, 5.74) is 0.346. The number of ether oxygens (including phenoxy) is 2. The molecular formula is C12H18O4. The average molecular weight is 226 g/mol. The first-order chi connectivity index (χ1) is 7.46. The second-order valence-corrected chi connectivity index (χ2v) is 4.27. The molecule has 16 heavy (non-hydrogen) atoms. The third-order valence-corrected chi connectivity index (χ3v) is 2.63. The molecule has 1 aromatic rings. The number of benzene rings is 1. The molecule has 0 amide bonds. The summed E-state index contributed by atoms with van der Waals surface area (Å²) in [6.07, 6.45) is 0. The van der Waals surface area contributed by atoms with Crippen LogP contribution in [0.3, 0.4) is 0 Å². The van der Waals surface area contributed by atoms with Crippen LogP contribution in [0, 0.1) is 0 Å². The number of hydrogen-bond donors (Lipinski definition) is 2. The van der Waals surface area contributed by atoms with E-state index in [-0.39, 0.29) is 12.4 Å². The number of rotatable bonds is 4. The van der Waals surface area contributed by atoms with Crippen LogP contribution in [0.25, 0.3) is 0 Å². The molecule has 0 aliphatic rings. The summed E-state index contributed by atoms with van der Waals surface area (Å²) in [5, 5.41) is 19.0. The van der Waals surface area contributed by atoms with Crippen molar-refractivity contribution in [3.05, 3.63) is 17.7 Å². The van der Waals surface area contributed by atoms with E-state index in [4.69, 9.17) is 9.47 Å². The van der Waals surface area contributed by atoms with E-state index in [0.717, 1.165) is 5.56 Å². The van der Waals surface area contributed by atoms with Gasteiger partial charge in [0.2, 0.25) is 0 Å². The molecule has 0 radical (unpaired) electrons. The zero-order valence-electron chi connectivity index (χ0n) is 10.1. The van der Waals surface area contributed by atoms with Gasteiger partial charge in [-0.05, 0) is 6.07 Å². The lowest BCUT2D eigenvalue weighted by atomic mass is 9.84. The molecule has 4 heteroatoms. The van der Waals surface area contributed by atoms with Gasteiger partial charge in [0.05, 0.1) is 20.8 Å². The number of aliphatic hydroxyl groups excluding tert-OH is 1. The number of phenols is 1. The van der Waals surface area contributed by atoms with Gasteiger partial charge in [-0.3, -0.25) is 0 Å². The lowest BCUT2D eigenvalue weighted by Gasteiger charge is -2.25. The molecule has 0 aliphatic carbocycles. The van der Waals surface area contributed by atoms with E-state index in [1.807, 2.05) is 13.8 Å². The zero-order valence-corrected chi connectivity index (χ0v) is 10.1. The first-order valence-electron chi connectivity index (χ1n) is 5.02. The average Bonchev–Trinajstić information content (AvgIpc) is 2.28. The Morgan fingerprint density at radius 2 is 1.69 bits per heavy atom. The van der Waals surface area contributed by atoms with Crippen molar-refractivity contribution in [2.24, 2.45) is 0 Å². The monoisotopic (exact) mass is 226 g/mol. The molecule has 0 saturated heterocycles. The molecule has 0 atom stereocenters. The Bertz CT molecular complexity index is 372. The summed E-state index contributed by atoms with van der Waals surface area (Å²) >= 11 is 0. The summed E-state index contributed by atoms with van der Waals surface area (Å²) in [4.78, 5) is 0. The number of phenolic OH excluding ortho intramolecular Hbond substituents is 1. The van der Waals surface area contributed by atoms with Crippen LogP contribution in [0.2, 0.25) is 0 Å². The van der Waals surface area contributed by atoms with Crippen LogP contribution in [0.5, 0.6) is 17.2 Å². The van der Waals surface area contributed by atoms with Crippen LogP contribution in [0.4, 0.5) is 0 Å². The molecule has 90 valence electrons. The van der Waals surface area contributed by atoms with Crippen LogP contribution in [-0.2, 0) is 5.41 Å². The Labute approximate surface area is 95.4 Å². The maximum atomic E-state index is 9.62. The molecule has 0 fully saturated rings. The lowest BCUT2D eigenvalue weighted by Crippen LogP contribution is -2.23. The van der Waals surface area contributed by atoms with Gasteiger partial charge in [-0.25, -0.2) is 0 Å². The molecule has 4 nitrogen and oxygen atoms in total. The molecule has 0 unspecified atom stereocenters. The molecule has 0 aromatic heterocycles. The van der Waals surface area contributed by atoms with Gasteiger partial charge in [-0.15, -0.1) is 0 Å². The molecular weight excluding hydrogens is 208 g/mol. The minimum atomic E-state index is -0.452. The van der Waals surface area contributed by atoms with Crippen LogP contribution in [-0.4, -0.2) is 31.0 Å². The molecule has 1 rings (SSSR count). The minimum Gasteiger partial charge on any atom is -0.504 e. The van der Waals surface area contributed by atoms with E-state index in [0.29, 0.717) is 11.5 Å². The highest BCUT2D eigenvalue weighted by atomic mass is 16.5. The third-order valence-electron chi connectivity index (χ3n) is 2.63.